The van der Waals surface area contributed by atoms with Crippen molar-refractivity contribution in [1.29, 1.82) is 5.26 Å². The van der Waals surface area contributed by atoms with Crippen LogP contribution < -0.4 is 4.72 Å². The molecule has 0 radical (unpaired) electrons. The van der Waals surface area contributed by atoms with Crippen molar-refractivity contribution in [1.82, 2.24) is 14.3 Å². The van der Waals surface area contributed by atoms with Gasteiger partial charge in [-0.2, -0.15) is 9.98 Å². The van der Waals surface area contributed by atoms with Crippen molar-refractivity contribution >= 4 is 10.0 Å². The molecule has 0 spiro atoms. The van der Waals surface area contributed by atoms with E-state index in [1.807, 2.05) is 0 Å². The van der Waals surface area contributed by atoms with E-state index in [0.717, 1.165) is 12.8 Å². The van der Waals surface area contributed by atoms with Crippen LogP contribution in [0.4, 0.5) is 0 Å². The monoisotopic (exact) mass is 254 g/mol. The van der Waals surface area contributed by atoms with E-state index in [0.29, 0.717) is 12.8 Å². The number of nitrogens with one attached hydrogen (secondary N) is 1. The lowest BCUT2D eigenvalue weighted by Crippen LogP contribution is -2.45. The Morgan fingerprint density at radius 1 is 1.53 bits per heavy atom. The predicted octanol–water partition coefficient (Wildman–Crippen LogP) is 0.535. The van der Waals surface area contributed by atoms with Gasteiger partial charge in [0.25, 0.3) is 10.0 Å². The third-order valence-electron chi connectivity index (χ3n) is 2.96. The van der Waals surface area contributed by atoms with Crippen LogP contribution in [0, 0.1) is 11.3 Å². The second-order valence-electron chi connectivity index (χ2n) is 4.38. The molecule has 1 fully saturated rings. The van der Waals surface area contributed by atoms with Crippen molar-refractivity contribution in [2.75, 3.05) is 0 Å². The molecule has 0 amide bonds. The van der Waals surface area contributed by atoms with Gasteiger partial charge >= 0.3 is 0 Å². The molecule has 1 saturated carbocycles. The van der Waals surface area contributed by atoms with Gasteiger partial charge in [-0.15, -0.1) is 0 Å². The Morgan fingerprint density at radius 3 is 2.65 bits per heavy atom. The van der Waals surface area contributed by atoms with Gasteiger partial charge in [0.05, 0.1) is 12.4 Å². The molecule has 0 aromatic carbocycles. The summed E-state index contributed by atoms with van der Waals surface area (Å²) in [6.07, 6.45) is 5.71. The molecule has 1 aliphatic rings. The van der Waals surface area contributed by atoms with E-state index >= 15 is 0 Å². The standard InChI is InChI=1S/C10H14N4O2S/c1-14-6-9(12-8-14)17(15,16)13-10(7-11)4-2-3-5-10/h6,8,13H,2-5H2,1H3. The van der Waals surface area contributed by atoms with E-state index in [4.69, 9.17) is 5.26 Å². The molecule has 2 rings (SSSR count). The molecule has 1 aromatic heterocycles. The Bertz CT molecular complexity index is 549. The minimum atomic E-state index is -3.70. The molecule has 1 aliphatic carbocycles. The van der Waals surface area contributed by atoms with Crippen LogP contribution in [0.15, 0.2) is 17.6 Å². The highest BCUT2D eigenvalue weighted by Crippen LogP contribution is 2.30. The summed E-state index contributed by atoms with van der Waals surface area (Å²) in [6, 6.07) is 2.09. The van der Waals surface area contributed by atoms with Gasteiger partial charge in [0.15, 0.2) is 5.03 Å². The molecule has 0 saturated heterocycles. The maximum atomic E-state index is 12.0. The molecule has 1 N–H and O–H groups in total. The molecule has 6 nitrogen and oxygen atoms in total. The highest BCUT2D eigenvalue weighted by molar-refractivity contribution is 7.89. The quantitative estimate of drug-likeness (QED) is 0.852. The maximum absolute atomic E-state index is 12.0. The Morgan fingerprint density at radius 2 is 2.18 bits per heavy atom. The number of nitriles is 1. The summed E-state index contributed by atoms with van der Waals surface area (Å²) in [6.45, 7) is 0. The lowest BCUT2D eigenvalue weighted by Gasteiger charge is -2.20. The minimum Gasteiger partial charge on any atom is -0.339 e. The van der Waals surface area contributed by atoms with Gasteiger partial charge in [-0.1, -0.05) is 12.8 Å². The van der Waals surface area contributed by atoms with Crippen LogP contribution in [-0.4, -0.2) is 23.5 Å². The zero-order chi connectivity index (χ0) is 12.5. The van der Waals surface area contributed by atoms with E-state index in [-0.39, 0.29) is 5.03 Å². The zero-order valence-electron chi connectivity index (χ0n) is 9.55. The number of aromatic nitrogens is 2. The van der Waals surface area contributed by atoms with Crippen molar-refractivity contribution in [3.05, 3.63) is 12.5 Å². The van der Waals surface area contributed by atoms with Gasteiger partial charge in [-0.05, 0) is 12.8 Å². The van der Waals surface area contributed by atoms with Gasteiger partial charge in [0.2, 0.25) is 0 Å². The second-order valence-corrected chi connectivity index (χ2v) is 6.01. The number of rotatable bonds is 3. The molecule has 0 aliphatic heterocycles. The van der Waals surface area contributed by atoms with Gasteiger partial charge in [-0.25, -0.2) is 13.4 Å². The molecular formula is C10H14N4O2S. The average molecular weight is 254 g/mol. The number of imidazole rings is 1. The van der Waals surface area contributed by atoms with Gasteiger partial charge < -0.3 is 4.57 Å². The number of hydrogen-bond donors (Lipinski definition) is 1. The third kappa shape index (κ3) is 2.33. The van der Waals surface area contributed by atoms with E-state index < -0.39 is 15.6 Å². The number of aryl methyl sites for hydroxylation is 1. The minimum absolute atomic E-state index is 0.0403. The molecule has 7 heteroatoms. The largest absolute Gasteiger partial charge is 0.339 e. The van der Waals surface area contributed by atoms with Crippen molar-refractivity contribution in [2.45, 2.75) is 36.2 Å². The topological polar surface area (TPSA) is 87.8 Å². The van der Waals surface area contributed by atoms with Gasteiger partial charge in [-0.3, -0.25) is 0 Å². The first kappa shape index (κ1) is 12.1. The smallest absolute Gasteiger partial charge is 0.260 e. The summed E-state index contributed by atoms with van der Waals surface area (Å²) in [4.78, 5) is 3.80. The van der Waals surface area contributed by atoms with Gasteiger partial charge in [0, 0.05) is 13.2 Å². The molecule has 0 atom stereocenters. The van der Waals surface area contributed by atoms with E-state index in [1.54, 1.807) is 11.6 Å². The summed E-state index contributed by atoms with van der Waals surface area (Å²) >= 11 is 0. The fraction of sp³-hybridized carbons (Fsp3) is 0.600. The van der Waals surface area contributed by atoms with Crippen LogP contribution in [0.3, 0.4) is 0 Å². The van der Waals surface area contributed by atoms with Crippen LogP contribution in [0.2, 0.25) is 0 Å². The van der Waals surface area contributed by atoms with Crippen molar-refractivity contribution in [3.63, 3.8) is 0 Å². The van der Waals surface area contributed by atoms with Crippen molar-refractivity contribution in [3.8, 4) is 6.07 Å². The predicted molar refractivity (Wildman–Crippen MR) is 60.3 cm³/mol. The Labute approximate surface area is 100 Å². The summed E-state index contributed by atoms with van der Waals surface area (Å²) in [5.74, 6) is 0. The Kier molecular flexibility index (Phi) is 2.93. The normalized spacial score (nSPS) is 19.1. The molecule has 0 unspecified atom stereocenters. The molecular weight excluding hydrogens is 240 g/mol. The first-order chi connectivity index (χ1) is 7.97. The fourth-order valence-corrected chi connectivity index (χ4v) is 3.41. The van der Waals surface area contributed by atoms with Crippen LogP contribution >= 0.6 is 0 Å². The number of sulfonamides is 1. The van der Waals surface area contributed by atoms with Gasteiger partial charge in [0.1, 0.15) is 5.54 Å². The van der Waals surface area contributed by atoms with Crippen LogP contribution in [0.25, 0.3) is 0 Å². The van der Waals surface area contributed by atoms with Crippen LogP contribution in [0.1, 0.15) is 25.7 Å². The molecule has 0 bridgehead atoms. The highest BCUT2D eigenvalue weighted by atomic mass is 32.2. The first-order valence-corrected chi connectivity index (χ1v) is 6.89. The first-order valence-electron chi connectivity index (χ1n) is 5.41. The Hall–Kier alpha value is -1.39. The summed E-state index contributed by atoms with van der Waals surface area (Å²) in [5, 5.41) is 9.09. The average Bonchev–Trinajstić information content (AvgIpc) is 2.87. The molecule has 1 heterocycles. The van der Waals surface area contributed by atoms with Crippen LogP contribution in [0.5, 0.6) is 0 Å². The second kappa shape index (κ2) is 4.13. The summed E-state index contributed by atoms with van der Waals surface area (Å²) in [5.41, 5.74) is -0.948. The van der Waals surface area contributed by atoms with Crippen molar-refractivity contribution < 1.29 is 8.42 Å². The molecule has 17 heavy (non-hydrogen) atoms. The van der Waals surface area contributed by atoms with Crippen LogP contribution in [-0.2, 0) is 17.1 Å². The van der Waals surface area contributed by atoms with E-state index in [9.17, 15) is 8.42 Å². The third-order valence-corrected chi connectivity index (χ3v) is 4.38. The molecule has 92 valence electrons. The zero-order valence-corrected chi connectivity index (χ0v) is 10.4. The van der Waals surface area contributed by atoms with E-state index in [2.05, 4.69) is 15.8 Å². The molecule has 1 aromatic rings. The van der Waals surface area contributed by atoms with Crippen molar-refractivity contribution in [2.24, 2.45) is 7.05 Å². The fourth-order valence-electron chi connectivity index (χ4n) is 2.05. The number of hydrogen-bond acceptors (Lipinski definition) is 4. The lowest BCUT2D eigenvalue weighted by molar-refractivity contribution is 0.484. The SMILES string of the molecule is Cn1cnc(S(=O)(=O)NC2(C#N)CCCC2)c1. The van der Waals surface area contributed by atoms with E-state index in [1.165, 1.54) is 12.5 Å². The number of nitrogens with zero attached hydrogens (tertiary/aromatic N) is 3. The Balaban J connectivity index is 2.26. The summed E-state index contributed by atoms with van der Waals surface area (Å²) in [7, 11) is -2.00. The lowest BCUT2D eigenvalue weighted by atomic mass is 10.0. The summed E-state index contributed by atoms with van der Waals surface area (Å²) < 4.78 is 28.1. The maximum Gasteiger partial charge on any atom is 0.260 e. The highest BCUT2D eigenvalue weighted by Gasteiger charge is 2.38.